The predicted molar refractivity (Wildman–Crippen MR) is 96.7 cm³/mol. The first-order valence-electron chi connectivity index (χ1n) is 8.88. The summed E-state index contributed by atoms with van der Waals surface area (Å²) in [6.07, 6.45) is 6.12. The zero-order chi connectivity index (χ0) is 16.8. The summed E-state index contributed by atoms with van der Waals surface area (Å²) in [5.74, 6) is 0. The number of urea groups is 1. The number of benzene rings is 1. The van der Waals surface area contributed by atoms with Crippen molar-refractivity contribution in [2.24, 2.45) is 0 Å². The van der Waals surface area contributed by atoms with E-state index < -0.39 is 0 Å². The Balaban J connectivity index is 1.50. The SMILES string of the molecule is CN1CCN(Cc2ccccc2CNC(=O)NC2CC=CC2)CC1. The molecule has 0 aromatic heterocycles. The van der Waals surface area contributed by atoms with Crippen molar-refractivity contribution in [1.82, 2.24) is 20.4 Å². The van der Waals surface area contributed by atoms with Gasteiger partial charge in [0.2, 0.25) is 0 Å². The lowest BCUT2D eigenvalue weighted by Crippen LogP contribution is -2.44. The van der Waals surface area contributed by atoms with Gasteiger partial charge < -0.3 is 15.5 Å². The van der Waals surface area contributed by atoms with Crippen LogP contribution in [0.2, 0.25) is 0 Å². The summed E-state index contributed by atoms with van der Waals surface area (Å²) < 4.78 is 0. The van der Waals surface area contributed by atoms with E-state index in [-0.39, 0.29) is 12.1 Å². The van der Waals surface area contributed by atoms with Crippen LogP contribution < -0.4 is 10.6 Å². The second kappa shape index (κ2) is 8.31. The van der Waals surface area contributed by atoms with Gasteiger partial charge in [0, 0.05) is 45.3 Å². The fraction of sp³-hybridized carbons (Fsp3) is 0.526. The highest BCUT2D eigenvalue weighted by Gasteiger charge is 2.16. The summed E-state index contributed by atoms with van der Waals surface area (Å²) in [5, 5.41) is 6.03. The summed E-state index contributed by atoms with van der Waals surface area (Å²) in [4.78, 5) is 16.9. The number of carbonyl (C=O) groups excluding carboxylic acids is 1. The van der Waals surface area contributed by atoms with Crippen LogP contribution >= 0.6 is 0 Å². The van der Waals surface area contributed by atoms with E-state index in [0.717, 1.165) is 45.6 Å². The fourth-order valence-corrected chi connectivity index (χ4v) is 3.28. The molecule has 1 fully saturated rings. The number of piperazine rings is 1. The second-order valence-electron chi connectivity index (χ2n) is 6.81. The van der Waals surface area contributed by atoms with E-state index in [1.54, 1.807) is 0 Å². The molecule has 3 rings (SSSR count). The molecule has 5 heteroatoms. The van der Waals surface area contributed by atoms with Gasteiger partial charge >= 0.3 is 6.03 Å². The first-order chi connectivity index (χ1) is 11.7. The Kier molecular flexibility index (Phi) is 5.88. The number of hydrogen-bond acceptors (Lipinski definition) is 3. The maximum Gasteiger partial charge on any atom is 0.315 e. The zero-order valence-electron chi connectivity index (χ0n) is 14.5. The normalized spacial score (nSPS) is 19.5. The molecular weight excluding hydrogens is 300 g/mol. The molecule has 1 aliphatic carbocycles. The van der Waals surface area contributed by atoms with Crippen LogP contribution in [0.4, 0.5) is 4.79 Å². The summed E-state index contributed by atoms with van der Waals surface area (Å²) in [7, 11) is 2.17. The summed E-state index contributed by atoms with van der Waals surface area (Å²) in [6.45, 7) is 5.99. The van der Waals surface area contributed by atoms with Gasteiger partial charge in [-0.1, -0.05) is 36.4 Å². The van der Waals surface area contributed by atoms with E-state index in [2.05, 4.69) is 57.8 Å². The highest BCUT2D eigenvalue weighted by atomic mass is 16.2. The van der Waals surface area contributed by atoms with Crippen molar-refractivity contribution < 1.29 is 4.79 Å². The maximum absolute atomic E-state index is 12.0. The fourth-order valence-electron chi connectivity index (χ4n) is 3.28. The first-order valence-corrected chi connectivity index (χ1v) is 8.88. The topological polar surface area (TPSA) is 47.6 Å². The summed E-state index contributed by atoms with van der Waals surface area (Å²) in [5.41, 5.74) is 2.51. The van der Waals surface area contributed by atoms with Gasteiger partial charge in [-0.15, -0.1) is 0 Å². The molecule has 2 aliphatic rings. The molecule has 130 valence electrons. The molecule has 1 aromatic carbocycles. The number of hydrogen-bond donors (Lipinski definition) is 2. The second-order valence-corrected chi connectivity index (χ2v) is 6.81. The Hall–Kier alpha value is -1.85. The molecule has 0 bridgehead atoms. The van der Waals surface area contributed by atoms with Crippen LogP contribution in [0.1, 0.15) is 24.0 Å². The molecule has 0 spiro atoms. The van der Waals surface area contributed by atoms with E-state index in [0.29, 0.717) is 6.54 Å². The molecule has 0 radical (unpaired) electrons. The van der Waals surface area contributed by atoms with Gasteiger partial charge in [-0.2, -0.15) is 0 Å². The van der Waals surface area contributed by atoms with Crippen molar-refractivity contribution in [3.05, 3.63) is 47.5 Å². The van der Waals surface area contributed by atoms with E-state index >= 15 is 0 Å². The molecule has 2 amide bonds. The van der Waals surface area contributed by atoms with E-state index in [9.17, 15) is 4.79 Å². The Morgan fingerprint density at radius 2 is 1.75 bits per heavy atom. The van der Waals surface area contributed by atoms with Gasteiger partial charge in [-0.3, -0.25) is 4.90 Å². The van der Waals surface area contributed by atoms with Crippen LogP contribution in [0.15, 0.2) is 36.4 Å². The van der Waals surface area contributed by atoms with Gasteiger partial charge in [0.15, 0.2) is 0 Å². The van der Waals surface area contributed by atoms with Crippen LogP contribution in [0.25, 0.3) is 0 Å². The van der Waals surface area contributed by atoms with Crippen molar-refractivity contribution in [2.45, 2.75) is 32.0 Å². The molecule has 5 nitrogen and oxygen atoms in total. The minimum absolute atomic E-state index is 0.0712. The van der Waals surface area contributed by atoms with Crippen molar-refractivity contribution in [3.8, 4) is 0 Å². The van der Waals surface area contributed by atoms with Gasteiger partial charge in [-0.05, 0) is 31.0 Å². The molecule has 1 aliphatic heterocycles. The van der Waals surface area contributed by atoms with E-state index in [4.69, 9.17) is 0 Å². The summed E-state index contributed by atoms with van der Waals surface area (Å²) in [6, 6.07) is 8.60. The third-order valence-electron chi connectivity index (χ3n) is 4.89. The standard InChI is InChI=1S/C19H28N4O/c1-22-10-12-23(13-11-22)15-17-7-3-2-6-16(17)14-20-19(24)21-18-8-4-5-9-18/h2-7,18H,8-15H2,1H3,(H2,20,21,24). The summed E-state index contributed by atoms with van der Waals surface area (Å²) >= 11 is 0. The number of nitrogens with zero attached hydrogens (tertiary/aromatic N) is 2. The van der Waals surface area contributed by atoms with Gasteiger partial charge in [0.1, 0.15) is 0 Å². The lowest BCUT2D eigenvalue weighted by molar-refractivity contribution is 0.148. The molecule has 2 N–H and O–H groups in total. The van der Waals surface area contributed by atoms with Crippen LogP contribution in [-0.2, 0) is 13.1 Å². The van der Waals surface area contributed by atoms with Crippen LogP contribution in [0, 0.1) is 0 Å². The minimum atomic E-state index is -0.0712. The molecule has 1 aromatic rings. The van der Waals surface area contributed by atoms with Crippen molar-refractivity contribution in [2.75, 3.05) is 33.2 Å². The largest absolute Gasteiger partial charge is 0.335 e. The quantitative estimate of drug-likeness (QED) is 0.812. The number of carbonyl (C=O) groups is 1. The highest BCUT2D eigenvalue weighted by Crippen LogP contribution is 2.13. The number of amides is 2. The van der Waals surface area contributed by atoms with Crippen LogP contribution in [-0.4, -0.2) is 55.1 Å². The van der Waals surface area contributed by atoms with Crippen molar-refractivity contribution in [1.29, 1.82) is 0 Å². The van der Waals surface area contributed by atoms with Gasteiger partial charge in [0.25, 0.3) is 0 Å². The Morgan fingerprint density at radius 3 is 2.46 bits per heavy atom. The molecule has 0 atom stereocenters. The van der Waals surface area contributed by atoms with Crippen LogP contribution in [0.3, 0.4) is 0 Å². The molecule has 0 unspecified atom stereocenters. The highest BCUT2D eigenvalue weighted by molar-refractivity contribution is 5.74. The zero-order valence-corrected chi connectivity index (χ0v) is 14.5. The van der Waals surface area contributed by atoms with Crippen molar-refractivity contribution >= 4 is 6.03 Å². The lowest BCUT2D eigenvalue weighted by Gasteiger charge is -2.32. The Bertz CT molecular complexity index is 570. The van der Waals surface area contributed by atoms with E-state index in [1.165, 1.54) is 11.1 Å². The Morgan fingerprint density at radius 1 is 1.08 bits per heavy atom. The van der Waals surface area contributed by atoms with Crippen LogP contribution in [0.5, 0.6) is 0 Å². The minimum Gasteiger partial charge on any atom is -0.335 e. The molecule has 1 heterocycles. The third-order valence-corrected chi connectivity index (χ3v) is 4.89. The predicted octanol–water partition coefficient (Wildman–Crippen LogP) is 1.95. The average Bonchev–Trinajstić information content (AvgIpc) is 3.09. The van der Waals surface area contributed by atoms with Gasteiger partial charge in [0.05, 0.1) is 0 Å². The molecular formula is C19H28N4O. The smallest absolute Gasteiger partial charge is 0.315 e. The third kappa shape index (κ3) is 4.82. The maximum atomic E-state index is 12.0. The first kappa shape index (κ1) is 17.0. The molecule has 1 saturated heterocycles. The monoisotopic (exact) mass is 328 g/mol. The number of likely N-dealkylation sites (N-methyl/N-ethyl adjacent to an activating group) is 1. The molecule has 24 heavy (non-hydrogen) atoms. The average molecular weight is 328 g/mol. The van der Waals surface area contributed by atoms with E-state index in [1.807, 2.05) is 6.07 Å². The van der Waals surface area contributed by atoms with Crippen molar-refractivity contribution in [3.63, 3.8) is 0 Å². The number of rotatable bonds is 5. The Labute approximate surface area is 144 Å². The number of nitrogens with one attached hydrogen (secondary N) is 2. The molecule has 0 saturated carbocycles. The lowest BCUT2D eigenvalue weighted by atomic mass is 10.1. The van der Waals surface area contributed by atoms with Gasteiger partial charge in [-0.25, -0.2) is 4.79 Å².